The quantitative estimate of drug-likeness (QED) is 0.363. The van der Waals surface area contributed by atoms with Gasteiger partial charge >= 0.3 is 0 Å². The van der Waals surface area contributed by atoms with Crippen LogP contribution in [0.15, 0.2) is 36.4 Å². The molecule has 2 N–H and O–H groups in total. The normalized spacial score (nSPS) is 10.6. The van der Waals surface area contributed by atoms with Crippen molar-refractivity contribution in [2.75, 3.05) is 26.3 Å². The van der Waals surface area contributed by atoms with Gasteiger partial charge in [0.25, 0.3) is 11.8 Å². The highest BCUT2D eigenvalue weighted by Gasteiger charge is 2.06. The Hall–Kier alpha value is -3.02. The average Bonchev–Trinajstić information content (AvgIpc) is 2.81. The molecule has 0 aliphatic heterocycles. The molecule has 2 rings (SSSR count). The fourth-order valence-electron chi connectivity index (χ4n) is 3.53. The molecule has 0 spiro atoms. The molecule has 0 radical (unpaired) electrons. The summed E-state index contributed by atoms with van der Waals surface area (Å²) in [5.41, 5.74) is 4.29. The Labute approximate surface area is 204 Å². The van der Waals surface area contributed by atoms with Gasteiger partial charge in [0.2, 0.25) is 0 Å². The predicted molar refractivity (Wildman–Crippen MR) is 137 cm³/mol. The van der Waals surface area contributed by atoms with Crippen molar-refractivity contribution in [2.24, 2.45) is 0 Å². The fourth-order valence-corrected chi connectivity index (χ4v) is 3.53. The van der Waals surface area contributed by atoms with Crippen LogP contribution in [-0.4, -0.2) is 38.1 Å². The largest absolute Gasteiger partial charge is 0.483 e. The highest BCUT2D eigenvalue weighted by Crippen LogP contribution is 2.19. The first-order valence-corrected chi connectivity index (χ1v) is 12.3. The summed E-state index contributed by atoms with van der Waals surface area (Å²) in [4.78, 5) is 23.9. The smallest absolute Gasteiger partial charge is 0.257 e. The van der Waals surface area contributed by atoms with Gasteiger partial charge in [0.1, 0.15) is 11.5 Å². The van der Waals surface area contributed by atoms with Gasteiger partial charge in [0.05, 0.1) is 0 Å². The van der Waals surface area contributed by atoms with Gasteiger partial charge in [-0.25, -0.2) is 0 Å². The first kappa shape index (κ1) is 27.2. The molecule has 2 aromatic rings. The topological polar surface area (TPSA) is 76.7 Å². The van der Waals surface area contributed by atoms with Crippen LogP contribution in [0.25, 0.3) is 0 Å². The van der Waals surface area contributed by atoms with Crippen molar-refractivity contribution in [2.45, 2.75) is 66.2 Å². The van der Waals surface area contributed by atoms with Crippen LogP contribution in [0.5, 0.6) is 11.5 Å². The van der Waals surface area contributed by atoms with Gasteiger partial charge in [-0.3, -0.25) is 9.59 Å². The van der Waals surface area contributed by atoms with E-state index in [-0.39, 0.29) is 25.0 Å². The molecular formula is C28H40N2O4. The van der Waals surface area contributed by atoms with E-state index in [4.69, 9.17) is 9.47 Å². The van der Waals surface area contributed by atoms with Crippen molar-refractivity contribution in [1.82, 2.24) is 10.6 Å². The second kappa shape index (κ2) is 15.0. The van der Waals surface area contributed by atoms with Gasteiger partial charge in [-0.1, -0.05) is 49.9 Å². The van der Waals surface area contributed by atoms with Crippen molar-refractivity contribution < 1.29 is 19.1 Å². The van der Waals surface area contributed by atoms with Crippen LogP contribution in [0.4, 0.5) is 0 Å². The number of carbonyl (C=O) groups is 2. The summed E-state index contributed by atoms with van der Waals surface area (Å²) < 4.78 is 11.3. The zero-order valence-electron chi connectivity index (χ0n) is 21.2. The molecule has 0 aliphatic rings. The SMILES string of the molecule is Cc1ccc(C)c(OCC(=O)NCCCCCCCCNC(=O)COc2cc(C)ccc2C)c1. The molecule has 0 aromatic heterocycles. The average molecular weight is 469 g/mol. The third-order valence-electron chi connectivity index (χ3n) is 5.65. The number of unbranched alkanes of at least 4 members (excludes halogenated alkanes) is 5. The van der Waals surface area contributed by atoms with Crippen molar-refractivity contribution >= 4 is 11.8 Å². The summed E-state index contributed by atoms with van der Waals surface area (Å²) in [6, 6.07) is 12.0. The van der Waals surface area contributed by atoms with Gasteiger partial charge in [-0.2, -0.15) is 0 Å². The van der Waals surface area contributed by atoms with E-state index >= 15 is 0 Å². The zero-order valence-corrected chi connectivity index (χ0v) is 21.2. The minimum atomic E-state index is -0.0850. The lowest BCUT2D eigenvalue weighted by Crippen LogP contribution is -2.29. The number of carbonyl (C=O) groups excluding carboxylic acids is 2. The summed E-state index contributed by atoms with van der Waals surface area (Å²) in [5, 5.41) is 5.84. The van der Waals surface area contributed by atoms with E-state index in [1.165, 1.54) is 0 Å². The number of rotatable bonds is 15. The maximum absolute atomic E-state index is 12.0. The van der Waals surface area contributed by atoms with Gasteiger partial charge in [-0.05, 0) is 74.9 Å². The molecule has 0 unspecified atom stereocenters. The molecule has 2 aromatic carbocycles. The molecule has 0 aliphatic carbocycles. The van der Waals surface area contributed by atoms with Crippen LogP contribution in [-0.2, 0) is 9.59 Å². The lowest BCUT2D eigenvalue weighted by molar-refractivity contribution is -0.123. The molecule has 34 heavy (non-hydrogen) atoms. The monoisotopic (exact) mass is 468 g/mol. The van der Waals surface area contributed by atoms with Gasteiger partial charge in [-0.15, -0.1) is 0 Å². The molecule has 6 nitrogen and oxygen atoms in total. The van der Waals surface area contributed by atoms with Gasteiger partial charge < -0.3 is 20.1 Å². The van der Waals surface area contributed by atoms with E-state index in [0.29, 0.717) is 13.1 Å². The van der Waals surface area contributed by atoms with Gasteiger partial charge in [0, 0.05) is 13.1 Å². The van der Waals surface area contributed by atoms with Crippen LogP contribution in [0.2, 0.25) is 0 Å². The number of nitrogens with one attached hydrogen (secondary N) is 2. The van der Waals surface area contributed by atoms with Crippen LogP contribution in [0.3, 0.4) is 0 Å². The third-order valence-corrected chi connectivity index (χ3v) is 5.65. The van der Waals surface area contributed by atoms with Crippen molar-refractivity contribution in [3.63, 3.8) is 0 Å². The number of ether oxygens (including phenoxy) is 2. The fraction of sp³-hybridized carbons (Fsp3) is 0.500. The molecule has 0 heterocycles. The van der Waals surface area contributed by atoms with E-state index in [0.717, 1.165) is 72.3 Å². The minimum Gasteiger partial charge on any atom is -0.483 e. The second-order valence-electron chi connectivity index (χ2n) is 8.94. The molecule has 2 amide bonds. The maximum Gasteiger partial charge on any atom is 0.257 e. The van der Waals surface area contributed by atoms with E-state index in [1.807, 2.05) is 64.1 Å². The second-order valence-corrected chi connectivity index (χ2v) is 8.94. The molecule has 6 heteroatoms. The Morgan fingerprint density at radius 2 is 1.00 bits per heavy atom. The Kier molecular flexibility index (Phi) is 12.0. The summed E-state index contributed by atoms with van der Waals surface area (Å²) in [6.07, 6.45) is 6.32. The number of aryl methyl sites for hydroxylation is 4. The highest BCUT2D eigenvalue weighted by molar-refractivity contribution is 5.77. The molecule has 0 fully saturated rings. The number of amides is 2. The first-order valence-electron chi connectivity index (χ1n) is 12.3. The number of hydrogen-bond donors (Lipinski definition) is 2. The van der Waals surface area contributed by atoms with Crippen LogP contribution in [0, 0.1) is 27.7 Å². The van der Waals surface area contributed by atoms with Crippen molar-refractivity contribution in [1.29, 1.82) is 0 Å². The molecule has 0 atom stereocenters. The van der Waals surface area contributed by atoms with E-state index in [1.54, 1.807) is 0 Å². The minimum absolute atomic E-state index is 0.0473. The summed E-state index contributed by atoms with van der Waals surface area (Å²) in [7, 11) is 0. The van der Waals surface area contributed by atoms with E-state index < -0.39 is 0 Å². The summed E-state index contributed by atoms with van der Waals surface area (Å²) in [5.74, 6) is 1.36. The molecule has 0 saturated carbocycles. The highest BCUT2D eigenvalue weighted by atomic mass is 16.5. The van der Waals surface area contributed by atoms with Crippen molar-refractivity contribution in [3.05, 3.63) is 58.7 Å². The Morgan fingerprint density at radius 1 is 0.618 bits per heavy atom. The Bertz CT molecular complexity index is 851. The number of benzene rings is 2. The maximum atomic E-state index is 12.0. The summed E-state index contributed by atoms with van der Waals surface area (Å²) >= 11 is 0. The molecule has 0 saturated heterocycles. The van der Waals surface area contributed by atoms with E-state index in [2.05, 4.69) is 10.6 Å². The molecular weight excluding hydrogens is 428 g/mol. The van der Waals surface area contributed by atoms with Gasteiger partial charge in [0.15, 0.2) is 13.2 Å². The first-order chi connectivity index (χ1) is 16.3. The van der Waals surface area contributed by atoms with Crippen LogP contribution >= 0.6 is 0 Å². The number of hydrogen-bond acceptors (Lipinski definition) is 4. The Morgan fingerprint density at radius 3 is 1.41 bits per heavy atom. The standard InChI is InChI=1S/C28H40N2O4/c1-21-11-13-23(3)25(17-21)33-19-27(31)29-15-9-7-5-6-8-10-16-30-28(32)20-34-26-18-22(2)12-14-24(26)4/h11-14,17-18H,5-10,15-16,19-20H2,1-4H3,(H,29,31)(H,30,32). The van der Waals surface area contributed by atoms with E-state index in [9.17, 15) is 9.59 Å². The van der Waals surface area contributed by atoms with Crippen LogP contribution in [0.1, 0.15) is 60.8 Å². The summed E-state index contributed by atoms with van der Waals surface area (Å²) in [6.45, 7) is 9.40. The van der Waals surface area contributed by atoms with Crippen molar-refractivity contribution in [3.8, 4) is 11.5 Å². The lowest BCUT2D eigenvalue weighted by Gasteiger charge is -2.10. The third kappa shape index (κ3) is 10.7. The molecule has 0 bridgehead atoms. The molecule has 186 valence electrons. The van der Waals surface area contributed by atoms with Crippen LogP contribution < -0.4 is 20.1 Å². The zero-order chi connectivity index (χ0) is 24.8. The lowest BCUT2D eigenvalue weighted by atomic mass is 10.1. The Balaban J connectivity index is 1.41. The predicted octanol–water partition coefficient (Wildman–Crippen LogP) is 4.95.